The van der Waals surface area contributed by atoms with Gasteiger partial charge in [-0.15, -0.1) is 0 Å². The Morgan fingerprint density at radius 3 is 2.71 bits per heavy atom. The maximum Gasteiger partial charge on any atom is 0.294 e. The Kier molecular flexibility index (Phi) is 6.29. The van der Waals surface area contributed by atoms with Gasteiger partial charge in [0.25, 0.3) is 11.6 Å². The van der Waals surface area contributed by atoms with Gasteiger partial charge in [-0.3, -0.25) is 14.9 Å². The second kappa shape index (κ2) is 9.26. The van der Waals surface area contributed by atoms with Gasteiger partial charge in [0, 0.05) is 43.3 Å². The van der Waals surface area contributed by atoms with Gasteiger partial charge in [0.15, 0.2) is 0 Å². The van der Waals surface area contributed by atoms with E-state index < -0.39 is 4.92 Å². The van der Waals surface area contributed by atoms with Crippen LogP contribution < -0.4 is 10.6 Å². The molecule has 28 heavy (non-hydrogen) atoms. The minimum Gasteiger partial charge on any atom is -0.370 e. The maximum atomic E-state index is 12.3. The summed E-state index contributed by atoms with van der Waals surface area (Å²) in [7, 11) is 0. The topological polar surface area (TPSA) is 115 Å². The maximum absolute atomic E-state index is 12.3. The summed E-state index contributed by atoms with van der Waals surface area (Å²) in [6.07, 6.45) is 7.98. The SMILES string of the molecule is O=C(NCCCCNc1ccccn1)c1ccc(-n2ccnc2)c([N+](=O)[O-])c1. The molecule has 9 heteroatoms. The third kappa shape index (κ3) is 4.91. The molecule has 144 valence electrons. The number of nitrogens with zero attached hydrogens (tertiary/aromatic N) is 4. The molecule has 0 bridgehead atoms. The first-order valence-corrected chi connectivity index (χ1v) is 8.85. The number of pyridine rings is 1. The molecule has 2 N–H and O–H groups in total. The molecule has 0 aliphatic heterocycles. The van der Waals surface area contributed by atoms with Gasteiger partial charge >= 0.3 is 0 Å². The molecule has 0 aliphatic carbocycles. The summed E-state index contributed by atoms with van der Waals surface area (Å²) in [5.41, 5.74) is 0.465. The van der Waals surface area contributed by atoms with E-state index in [0.29, 0.717) is 12.2 Å². The summed E-state index contributed by atoms with van der Waals surface area (Å²) < 4.78 is 1.54. The summed E-state index contributed by atoms with van der Waals surface area (Å²) >= 11 is 0. The van der Waals surface area contributed by atoms with Gasteiger partial charge in [0.2, 0.25) is 0 Å². The van der Waals surface area contributed by atoms with Crippen molar-refractivity contribution in [3.63, 3.8) is 0 Å². The van der Waals surface area contributed by atoms with Gasteiger partial charge in [-0.2, -0.15) is 0 Å². The average molecular weight is 380 g/mol. The number of nitro benzene ring substituents is 1. The average Bonchev–Trinajstić information content (AvgIpc) is 3.25. The van der Waals surface area contributed by atoms with E-state index in [-0.39, 0.29) is 17.2 Å². The van der Waals surface area contributed by atoms with E-state index >= 15 is 0 Å². The zero-order chi connectivity index (χ0) is 19.8. The van der Waals surface area contributed by atoms with Gasteiger partial charge in [-0.1, -0.05) is 6.07 Å². The van der Waals surface area contributed by atoms with Crippen molar-refractivity contribution in [3.05, 3.63) is 77.0 Å². The normalized spacial score (nSPS) is 10.4. The lowest BCUT2D eigenvalue weighted by atomic mass is 10.1. The van der Waals surface area contributed by atoms with Crippen molar-refractivity contribution in [1.29, 1.82) is 0 Å². The molecule has 3 rings (SSSR count). The lowest BCUT2D eigenvalue weighted by Gasteiger charge is -2.08. The molecule has 0 aliphatic rings. The van der Waals surface area contributed by atoms with Crippen molar-refractivity contribution in [2.45, 2.75) is 12.8 Å². The van der Waals surface area contributed by atoms with Crippen molar-refractivity contribution in [3.8, 4) is 5.69 Å². The van der Waals surface area contributed by atoms with Crippen molar-refractivity contribution < 1.29 is 9.72 Å². The summed E-state index contributed by atoms with van der Waals surface area (Å²) in [6.45, 7) is 1.23. The molecule has 9 nitrogen and oxygen atoms in total. The zero-order valence-electron chi connectivity index (χ0n) is 15.1. The lowest BCUT2D eigenvalue weighted by molar-refractivity contribution is -0.384. The zero-order valence-corrected chi connectivity index (χ0v) is 15.1. The number of imidazole rings is 1. The molecule has 0 saturated heterocycles. The number of anilines is 1. The Labute approximate surface area is 161 Å². The number of rotatable bonds is 9. The molecule has 0 radical (unpaired) electrons. The Bertz CT molecular complexity index is 928. The number of benzene rings is 1. The first-order chi connectivity index (χ1) is 13.6. The molecule has 0 spiro atoms. The largest absolute Gasteiger partial charge is 0.370 e. The predicted molar refractivity (Wildman–Crippen MR) is 105 cm³/mol. The highest BCUT2D eigenvalue weighted by molar-refractivity contribution is 5.95. The summed E-state index contributed by atoms with van der Waals surface area (Å²) in [4.78, 5) is 31.2. The molecule has 1 amide bonds. The van der Waals surface area contributed by atoms with Crippen LogP contribution in [0.1, 0.15) is 23.2 Å². The van der Waals surface area contributed by atoms with E-state index in [4.69, 9.17) is 0 Å². The van der Waals surface area contributed by atoms with Crippen molar-refractivity contribution in [1.82, 2.24) is 19.9 Å². The molecule has 1 aromatic carbocycles. The van der Waals surface area contributed by atoms with Crippen LogP contribution in [0.3, 0.4) is 0 Å². The molecule has 2 heterocycles. The summed E-state index contributed by atoms with van der Waals surface area (Å²) in [6, 6.07) is 10.1. The van der Waals surface area contributed by atoms with E-state index in [1.807, 2.05) is 18.2 Å². The standard InChI is InChI=1S/C19H20N6O3/c26-19(23-10-4-3-9-22-18-5-1-2-8-21-18)15-6-7-16(17(13-15)25(27)28)24-12-11-20-14-24/h1-2,5-8,11-14H,3-4,9-10H2,(H,21,22)(H,23,26). The lowest BCUT2D eigenvalue weighted by Crippen LogP contribution is -2.25. The summed E-state index contributed by atoms with van der Waals surface area (Å²) in [5, 5.41) is 17.4. The third-order valence-electron chi connectivity index (χ3n) is 4.08. The molecule has 3 aromatic rings. The molecular formula is C19H20N6O3. The number of nitro groups is 1. The van der Waals surface area contributed by atoms with Crippen LogP contribution in [-0.4, -0.2) is 38.5 Å². The molecule has 0 saturated carbocycles. The van der Waals surface area contributed by atoms with Gasteiger partial charge in [-0.25, -0.2) is 9.97 Å². The number of amides is 1. The van der Waals surface area contributed by atoms with Crippen molar-refractivity contribution in [2.24, 2.45) is 0 Å². The molecule has 0 unspecified atom stereocenters. The van der Waals surface area contributed by atoms with E-state index in [1.165, 1.54) is 23.2 Å². The second-order valence-electron chi connectivity index (χ2n) is 6.04. The van der Waals surface area contributed by atoms with E-state index in [0.717, 1.165) is 25.2 Å². The van der Waals surface area contributed by atoms with E-state index in [9.17, 15) is 14.9 Å². The Balaban J connectivity index is 1.50. The quantitative estimate of drug-likeness (QED) is 0.335. The fourth-order valence-corrected chi connectivity index (χ4v) is 2.67. The number of carbonyl (C=O) groups is 1. The minimum atomic E-state index is -0.505. The molecule has 2 aromatic heterocycles. The number of aromatic nitrogens is 3. The number of unbranched alkanes of at least 4 members (excludes halogenated alkanes) is 1. The Morgan fingerprint density at radius 1 is 1.14 bits per heavy atom. The van der Waals surface area contributed by atoms with Gasteiger partial charge in [0.1, 0.15) is 11.5 Å². The monoisotopic (exact) mass is 380 g/mol. The fraction of sp³-hybridized carbons (Fsp3) is 0.211. The van der Waals surface area contributed by atoms with Crippen LogP contribution in [0.25, 0.3) is 5.69 Å². The number of hydrogen-bond acceptors (Lipinski definition) is 6. The van der Waals surface area contributed by atoms with Gasteiger partial charge < -0.3 is 15.2 Å². The first kappa shape index (κ1) is 19.0. The molecular weight excluding hydrogens is 360 g/mol. The van der Waals surface area contributed by atoms with E-state index in [1.54, 1.807) is 24.5 Å². The van der Waals surface area contributed by atoms with Crippen LogP contribution in [0.15, 0.2) is 61.3 Å². The molecule has 0 fully saturated rings. The van der Waals surface area contributed by atoms with Crippen LogP contribution in [0, 0.1) is 10.1 Å². The number of hydrogen-bond donors (Lipinski definition) is 2. The smallest absolute Gasteiger partial charge is 0.294 e. The highest BCUT2D eigenvalue weighted by Gasteiger charge is 2.18. The van der Waals surface area contributed by atoms with Crippen LogP contribution in [-0.2, 0) is 0 Å². The highest BCUT2D eigenvalue weighted by Crippen LogP contribution is 2.24. The van der Waals surface area contributed by atoms with Crippen molar-refractivity contribution >= 4 is 17.4 Å². The van der Waals surface area contributed by atoms with Crippen LogP contribution in [0.2, 0.25) is 0 Å². The molecule has 0 atom stereocenters. The Hall–Kier alpha value is -3.75. The Morgan fingerprint density at radius 2 is 2.00 bits per heavy atom. The first-order valence-electron chi connectivity index (χ1n) is 8.85. The predicted octanol–water partition coefficient (Wildman–Crippen LogP) is 2.80. The number of nitrogens with one attached hydrogen (secondary N) is 2. The third-order valence-corrected chi connectivity index (χ3v) is 4.08. The summed E-state index contributed by atoms with van der Waals surface area (Å²) in [5.74, 6) is 0.481. The fourth-order valence-electron chi connectivity index (χ4n) is 2.67. The second-order valence-corrected chi connectivity index (χ2v) is 6.04. The van der Waals surface area contributed by atoms with E-state index in [2.05, 4.69) is 20.6 Å². The van der Waals surface area contributed by atoms with Crippen LogP contribution in [0.4, 0.5) is 11.5 Å². The number of carbonyl (C=O) groups excluding carboxylic acids is 1. The minimum absolute atomic E-state index is 0.148. The van der Waals surface area contributed by atoms with Gasteiger partial charge in [-0.05, 0) is 37.1 Å². The van der Waals surface area contributed by atoms with Crippen LogP contribution >= 0.6 is 0 Å². The highest BCUT2D eigenvalue weighted by atomic mass is 16.6. The van der Waals surface area contributed by atoms with Gasteiger partial charge in [0.05, 0.1) is 11.3 Å². The van der Waals surface area contributed by atoms with Crippen LogP contribution in [0.5, 0.6) is 0 Å². The van der Waals surface area contributed by atoms with Crippen molar-refractivity contribution in [2.75, 3.05) is 18.4 Å².